The molecule has 0 spiro atoms. The number of pyridine rings is 1. The summed E-state index contributed by atoms with van der Waals surface area (Å²) >= 11 is 0. The number of carbonyl (C=O) groups is 2. The zero-order valence-corrected chi connectivity index (χ0v) is 16.4. The SMILES string of the molecule is COc1ccc(C(=O)NCC(=O)NCc2cccnc2OC(C)C)cc1OC. The van der Waals surface area contributed by atoms with Gasteiger partial charge in [0, 0.05) is 23.9 Å². The molecule has 0 fully saturated rings. The average molecular weight is 387 g/mol. The molecule has 1 aromatic carbocycles. The third kappa shape index (κ3) is 5.87. The largest absolute Gasteiger partial charge is 0.493 e. The monoisotopic (exact) mass is 387 g/mol. The first-order chi connectivity index (χ1) is 13.4. The summed E-state index contributed by atoms with van der Waals surface area (Å²) in [6, 6.07) is 8.38. The highest BCUT2D eigenvalue weighted by Crippen LogP contribution is 2.27. The van der Waals surface area contributed by atoms with Crippen molar-refractivity contribution < 1.29 is 23.8 Å². The molecule has 0 aliphatic heterocycles. The van der Waals surface area contributed by atoms with Gasteiger partial charge in [-0.25, -0.2) is 4.98 Å². The van der Waals surface area contributed by atoms with Crippen LogP contribution in [0.15, 0.2) is 36.5 Å². The number of ether oxygens (including phenoxy) is 3. The lowest BCUT2D eigenvalue weighted by molar-refractivity contribution is -0.120. The summed E-state index contributed by atoms with van der Waals surface area (Å²) in [4.78, 5) is 28.5. The van der Waals surface area contributed by atoms with E-state index in [0.29, 0.717) is 22.9 Å². The van der Waals surface area contributed by atoms with E-state index in [9.17, 15) is 9.59 Å². The third-order valence-electron chi connectivity index (χ3n) is 3.73. The number of rotatable bonds is 9. The molecule has 2 amide bonds. The Morgan fingerprint density at radius 1 is 1.07 bits per heavy atom. The van der Waals surface area contributed by atoms with Crippen molar-refractivity contribution in [2.45, 2.75) is 26.5 Å². The zero-order chi connectivity index (χ0) is 20.5. The highest BCUT2D eigenvalue weighted by atomic mass is 16.5. The molecule has 0 unspecified atom stereocenters. The van der Waals surface area contributed by atoms with E-state index in [1.807, 2.05) is 19.9 Å². The molecule has 0 saturated heterocycles. The van der Waals surface area contributed by atoms with Crippen molar-refractivity contribution in [3.63, 3.8) is 0 Å². The summed E-state index contributed by atoms with van der Waals surface area (Å²) in [5, 5.41) is 5.32. The molecule has 8 nitrogen and oxygen atoms in total. The Labute approximate surface area is 164 Å². The topological polar surface area (TPSA) is 98.8 Å². The van der Waals surface area contributed by atoms with E-state index >= 15 is 0 Å². The van der Waals surface area contributed by atoms with Crippen molar-refractivity contribution in [1.29, 1.82) is 0 Å². The summed E-state index contributed by atoms with van der Waals surface area (Å²) in [6.45, 7) is 3.90. The van der Waals surface area contributed by atoms with Crippen molar-refractivity contribution in [3.8, 4) is 17.4 Å². The first-order valence-corrected chi connectivity index (χ1v) is 8.82. The van der Waals surface area contributed by atoms with Crippen molar-refractivity contribution in [3.05, 3.63) is 47.7 Å². The van der Waals surface area contributed by atoms with Crippen LogP contribution < -0.4 is 24.8 Å². The van der Waals surface area contributed by atoms with E-state index in [4.69, 9.17) is 14.2 Å². The number of aromatic nitrogens is 1. The van der Waals surface area contributed by atoms with Crippen LogP contribution in [0.3, 0.4) is 0 Å². The predicted octanol–water partition coefficient (Wildman–Crippen LogP) is 1.93. The minimum Gasteiger partial charge on any atom is -0.493 e. The zero-order valence-electron chi connectivity index (χ0n) is 16.4. The minimum absolute atomic E-state index is 0.0230. The van der Waals surface area contributed by atoms with E-state index in [-0.39, 0.29) is 31.0 Å². The first-order valence-electron chi connectivity index (χ1n) is 8.82. The van der Waals surface area contributed by atoms with Gasteiger partial charge < -0.3 is 24.8 Å². The standard InChI is InChI=1S/C20H25N3O5/c1-13(2)28-20-15(6-5-9-21-20)11-22-18(24)12-23-19(25)14-7-8-16(26-3)17(10-14)27-4/h5-10,13H,11-12H2,1-4H3,(H,22,24)(H,23,25). The van der Waals surface area contributed by atoms with Crippen LogP contribution in [0.2, 0.25) is 0 Å². The van der Waals surface area contributed by atoms with Gasteiger partial charge in [-0.05, 0) is 38.1 Å². The van der Waals surface area contributed by atoms with Crippen LogP contribution in [0, 0.1) is 0 Å². The molecule has 0 saturated carbocycles. The summed E-state index contributed by atoms with van der Waals surface area (Å²) < 4.78 is 15.9. The number of carbonyl (C=O) groups excluding carboxylic acids is 2. The highest BCUT2D eigenvalue weighted by Gasteiger charge is 2.13. The number of hydrogen-bond acceptors (Lipinski definition) is 6. The van der Waals surface area contributed by atoms with E-state index in [1.54, 1.807) is 30.5 Å². The Morgan fingerprint density at radius 3 is 2.50 bits per heavy atom. The van der Waals surface area contributed by atoms with Gasteiger partial charge in [0.25, 0.3) is 5.91 Å². The number of amides is 2. The van der Waals surface area contributed by atoms with Gasteiger partial charge in [-0.1, -0.05) is 6.07 Å². The molecular weight excluding hydrogens is 362 g/mol. The fourth-order valence-corrected chi connectivity index (χ4v) is 2.38. The van der Waals surface area contributed by atoms with Gasteiger partial charge in [-0.2, -0.15) is 0 Å². The molecule has 0 atom stereocenters. The van der Waals surface area contributed by atoms with Crippen LogP contribution in [0.25, 0.3) is 0 Å². The van der Waals surface area contributed by atoms with E-state index < -0.39 is 0 Å². The van der Waals surface area contributed by atoms with Crippen LogP contribution in [0.5, 0.6) is 17.4 Å². The lowest BCUT2D eigenvalue weighted by Crippen LogP contribution is -2.36. The Morgan fingerprint density at radius 2 is 1.82 bits per heavy atom. The maximum absolute atomic E-state index is 12.2. The quantitative estimate of drug-likeness (QED) is 0.682. The highest BCUT2D eigenvalue weighted by molar-refractivity contribution is 5.97. The second-order valence-electron chi connectivity index (χ2n) is 6.16. The number of benzene rings is 1. The van der Waals surface area contributed by atoms with Crippen molar-refractivity contribution in [2.24, 2.45) is 0 Å². The van der Waals surface area contributed by atoms with Gasteiger partial charge in [0.15, 0.2) is 11.5 Å². The van der Waals surface area contributed by atoms with E-state index in [0.717, 1.165) is 5.56 Å². The molecular formula is C20H25N3O5. The average Bonchev–Trinajstić information content (AvgIpc) is 2.70. The molecule has 2 rings (SSSR count). The maximum Gasteiger partial charge on any atom is 0.251 e. The fourth-order valence-electron chi connectivity index (χ4n) is 2.38. The predicted molar refractivity (Wildman–Crippen MR) is 104 cm³/mol. The summed E-state index contributed by atoms with van der Waals surface area (Å²) in [7, 11) is 3.00. The molecule has 28 heavy (non-hydrogen) atoms. The molecule has 1 heterocycles. The molecule has 2 N–H and O–H groups in total. The number of nitrogens with zero attached hydrogens (tertiary/aromatic N) is 1. The molecule has 0 aliphatic carbocycles. The normalized spacial score (nSPS) is 10.3. The number of nitrogens with one attached hydrogen (secondary N) is 2. The fraction of sp³-hybridized carbons (Fsp3) is 0.350. The Kier molecular flexibility index (Phi) is 7.62. The number of hydrogen-bond donors (Lipinski definition) is 2. The molecule has 0 bridgehead atoms. The lowest BCUT2D eigenvalue weighted by Gasteiger charge is -2.13. The van der Waals surface area contributed by atoms with Crippen LogP contribution >= 0.6 is 0 Å². The summed E-state index contributed by atoms with van der Waals surface area (Å²) in [5.41, 5.74) is 1.13. The van der Waals surface area contributed by atoms with Gasteiger partial charge in [-0.15, -0.1) is 0 Å². The van der Waals surface area contributed by atoms with Gasteiger partial charge >= 0.3 is 0 Å². The van der Waals surface area contributed by atoms with Crippen LogP contribution in [-0.4, -0.2) is 43.7 Å². The van der Waals surface area contributed by atoms with E-state index in [2.05, 4.69) is 15.6 Å². The molecule has 0 aliphatic rings. The van der Waals surface area contributed by atoms with Gasteiger partial charge in [-0.3, -0.25) is 9.59 Å². The van der Waals surface area contributed by atoms with Crippen molar-refractivity contribution in [2.75, 3.05) is 20.8 Å². The molecule has 1 aromatic heterocycles. The Hall–Kier alpha value is -3.29. The summed E-state index contributed by atoms with van der Waals surface area (Å²) in [5.74, 6) is 0.725. The lowest BCUT2D eigenvalue weighted by atomic mass is 10.2. The molecule has 2 aromatic rings. The van der Waals surface area contributed by atoms with Gasteiger partial charge in [0.2, 0.25) is 11.8 Å². The second kappa shape index (κ2) is 10.1. The first kappa shape index (κ1) is 21.0. The van der Waals surface area contributed by atoms with Gasteiger partial charge in [0.05, 0.1) is 26.9 Å². The van der Waals surface area contributed by atoms with Crippen LogP contribution in [0.1, 0.15) is 29.8 Å². The molecule has 8 heteroatoms. The molecule has 150 valence electrons. The minimum atomic E-state index is -0.388. The van der Waals surface area contributed by atoms with E-state index in [1.165, 1.54) is 14.2 Å². The molecule has 0 radical (unpaired) electrons. The van der Waals surface area contributed by atoms with Crippen molar-refractivity contribution >= 4 is 11.8 Å². The summed E-state index contributed by atoms with van der Waals surface area (Å²) in [6.07, 6.45) is 1.61. The maximum atomic E-state index is 12.2. The van der Waals surface area contributed by atoms with Gasteiger partial charge in [0.1, 0.15) is 0 Å². The Balaban J connectivity index is 1.88. The second-order valence-corrected chi connectivity index (χ2v) is 6.16. The smallest absolute Gasteiger partial charge is 0.251 e. The van der Waals surface area contributed by atoms with Crippen molar-refractivity contribution in [1.82, 2.24) is 15.6 Å². The third-order valence-corrected chi connectivity index (χ3v) is 3.73. The Bertz CT molecular complexity index is 823. The van der Waals surface area contributed by atoms with Crippen LogP contribution in [-0.2, 0) is 11.3 Å². The number of methoxy groups -OCH3 is 2. The van der Waals surface area contributed by atoms with Crippen LogP contribution in [0.4, 0.5) is 0 Å².